The number of aromatic nitrogens is 4. The van der Waals surface area contributed by atoms with E-state index in [1.54, 1.807) is 6.92 Å². The molecule has 2 aliphatic heterocycles. The van der Waals surface area contributed by atoms with Crippen LogP contribution in [0.3, 0.4) is 0 Å². The summed E-state index contributed by atoms with van der Waals surface area (Å²) in [4.78, 5) is 12.1. The second kappa shape index (κ2) is 5.45. The van der Waals surface area contributed by atoms with Crippen molar-refractivity contribution < 1.29 is 28.0 Å². The molecule has 24 heavy (non-hydrogen) atoms. The van der Waals surface area contributed by atoms with Crippen molar-refractivity contribution in [3.63, 3.8) is 0 Å². The lowest BCUT2D eigenvalue weighted by Crippen LogP contribution is -2.44. The van der Waals surface area contributed by atoms with Crippen LogP contribution >= 0.6 is 7.82 Å². The second-order valence-electron chi connectivity index (χ2n) is 5.58. The number of hydrogen-bond acceptors (Lipinski definition) is 10. The molecule has 0 bridgehead atoms. The van der Waals surface area contributed by atoms with Gasteiger partial charge in [-0.05, 0) is 6.92 Å². The first-order valence-electron chi connectivity index (χ1n) is 7.22. The summed E-state index contributed by atoms with van der Waals surface area (Å²) in [5.41, 5.74) is 6.58. The van der Waals surface area contributed by atoms with Crippen molar-refractivity contribution in [2.45, 2.75) is 37.6 Å². The Bertz CT molecular complexity index is 829. The summed E-state index contributed by atoms with van der Waals surface area (Å²) >= 11 is 0. The Hall–Kier alpha value is -1.62. The molecule has 4 heterocycles. The quantitative estimate of drug-likeness (QED) is 0.716. The van der Waals surface area contributed by atoms with Crippen LogP contribution in [0.4, 0.5) is 5.82 Å². The third-order valence-electron chi connectivity index (χ3n) is 4.14. The molecular weight excluding hydrogens is 341 g/mol. The van der Waals surface area contributed by atoms with Crippen LogP contribution in [0.1, 0.15) is 13.2 Å². The van der Waals surface area contributed by atoms with Gasteiger partial charge in [0, 0.05) is 7.11 Å². The van der Waals surface area contributed by atoms with E-state index in [0.29, 0.717) is 11.2 Å². The highest BCUT2D eigenvalue weighted by molar-refractivity contribution is 7.48. The minimum absolute atomic E-state index is 0.223. The highest BCUT2D eigenvalue weighted by atomic mass is 31.2. The maximum atomic E-state index is 12.3. The molecule has 0 aromatic carbocycles. The second-order valence-corrected chi connectivity index (χ2v) is 7.26. The van der Waals surface area contributed by atoms with Gasteiger partial charge in [0.25, 0.3) is 0 Å². The van der Waals surface area contributed by atoms with Gasteiger partial charge in [-0.25, -0.2) is 19.5 Å². The number of nitrogens with zero attached hydrogens (tertiary/aromatic N) is 4. The minimum atomic E-state index is -3.73. The number of rotatable bonds is 2. The van der Waals surface area contributed by atoms with E-state index in [0.717, 1.165) is 0 Å². The summed E-state index contributed by atoms with van der Waals surface area (Å²) in [5, 5.41) is 10.6. The zero-order valence-corrected chi connectivity index (χ0v) is 13.7. The SMILES string of the molecule is COP1(=O)OC(C)C2OC(n3cnc4c(N)ncnc43)[C@H](O)[C@@H]2O1. The largest absolute Gasteiger partial charge is 0.475 e. The lowest BCUT2D eigenvalue weighted by Gasteiger charge is -2.34. The lowest BCUT2D eigenvalue weighted by molar-refractivity contribution is -0.101. The maximum Gasteiger partial charge on any atom is 0.475 e. The summed E-state index contributed by atoms with van der Waals surface area (Å²) in [5.74, 6) is 0.223. The van der Waals surface area contributed by atoms with Crippen LogP contribution in [0.25, 0.3) is 11.2 Å². The number of imidazole rings is 1. The van der Waals surface area contributed by atoms with Gasteiger partial charge in [0.05, 0.1) is 12.4 Å². The van der Waals surface area contributed by atoms with E-state index in [1.165, 1.54) is 24.3 Å². The normalized spacial score (nSPS) is 39.2. The first kappa shape index (κ1) is 15.9. The van der Waals surface area contributed by atoms with E-state index in [2.05, 4.69) is 15.0 Å². The number of aliphatic hydroxyl groups excluding tert-OH is 1. The molecule has 0 aliphatic carbocycles. The zero-order chi connectivity index (χ0) is 17.1. The molecule has 0 saturated carbocycles. The molecule has 6 atom stereocenters. The molecule has 0 spiro atoms. The topological polar surface area (TPSA) is 144 Å². The number of anilines is 1. The highest BCUT2D eigenvalue weighted by Gasteiger charge is 2.56. The van der Waals surface area contributed by atoms with E-state index in [4.69, 9.17) is 24.0 Å². The molecule has 12 heteroatoms. The third kappa shape index (κ3) is 2.25. The Morgan fingerprint density at radius 3 is 2.88 bits per heavy atom. The lowest BCUT2D eigenvalue weighted by atomic mass is 10.1. The van der Waals surface area contributed by atoms with E-state index >= 15 is 0 Å². The predicted octanol–water partition coefficient (Wildman–Crippen LogP) is 0.225. The smallest absolute Gasteiger partial charge is 0.386 e. The number of fused-ring (bicyclic) bond motifs is 2. The molecule has 2 fully saturated rings. The van der Waals surface area contributed by atoms with Crippen LogP contribution in [0.15, 0.2) is 12.7 Å². The van der Waals surface area contributed by atoms with Crippen LogP contribution < -0.4 is 5.73 Å². The first-order valence-corrected chi connectivity index (χ1v) is 8.68. The number of nitrogen functional groups attached to an aromatic ring is 1. The molecule has 130 valence electrons. The Morgan fingerprint density at radius 2 is 2.12 bits per heavy atom. The molecule has 2 aromatic rings. The van der Waals surface area contributed by atoms with Crippen molar-refractivity contribution in [2.24, 2.45) is 0 Å². The van der Waals surface area contributed by atoms with Crippen LogP contribution in [-0.4, -0.2) is 56.2 Å². The number of phosphoric acid groups is 1. The van der Waals surface area contributed by atoms with Gasteiger partial charge in [-0.2, -0.15) is 0 Å². The molecule has 4 rings (SSSR count). The minimum Gasteiger partial charge on any atom is -0.386 e. The highest BCUT2D eigenvalue weighted by Crippen LogP contribution is 2.58. The van der Waals surface area contributed by atoms with E-state index < -0.39 is 38.5 Å². The Kier molecular flexibility index (Phi) is 3.60. The van der Waals surface area contributed by atoms with Gasteiger partial charge in [0.15, 0.2) is 17.7 Å². The van der Waals surface area contributed by atoms with E-state index in [-0.39, 0.29) is 5.82 Å². The van der Waals surface area contributed by atoms with E-state index in [9.17, 15) is 9.67 Å². The van der Waals surface area contributed by atoms with Crippen LogP contribution in [0.5, 0.6) is 0 Å². The standard InChI is InChI=1S/C12H16N5O6P/c1-5-8-9(23-24(19,20-2)22-5)7(18)12(21-8)17-4-16-6-10(13)14-3-15-11(6)17/h3-5,7-9,12,18H,1-2H3,(H2,13,14,15)/t5?,7-,8?,9+,12?,24?/m1/s1. The first-order chi connectivity index (χ1) is 11.4. The summed E-state index contributed by atoms with van der Waals surface area (Å²) in [7, 11) is -2.51. The zero-order valence-electron chi connectivity index (χ0n) is 12.8. The molecular formula is C12H16N5O6P. The maximum absolute atomic E-state index is 12.3. The molecule has 2 saturated heterocycles. The molecule has 4 unspecified atom stereocenters. The van der Waals surface area contributed by atoms with E-state index in [1.807, 2.05) is 0 Å². The van der Waals surface area contributed by atoms with Gasteiger partial charge in [0.2, 0.25) is 0 Å². The molecule has 2 aliphatic rings. The number of nitrogens with two attached hydrogens (primary N) is 1. The number of phosphoric ester groups is 1. The monoisotopic (exact) mass is 357 g/mol. The van der Waals surface area contributed by atoms with Gasteiger partial charge in [0.1, 0.15) is 30.2 Å². The van der Waals surface area contributed by atoms with Crippen molar-refractivity contribution in [3.05, 3.63) is 12.7 Å². The molecule has 11 nitrogen and oxygen atoms in total. The van der Waals surface area contributed by atoms with Gasteiger partial charge >= 0.3 is 7.82 Å². The van der Waals surface area contributed by atoms with Crippen molar-refractivity contribution >= 4 is 24.8 Å². The van der Waals surface area contributed by atoms with Gasteiger partial charge in [-0.1, -0.05) is 0 Å². The van der Waals surface area contributed by atoms with Crippen molar-refractivity contribution in [1.82, 2.24) is 19.5 Å². The van der Waals surface area contributed by atoms with Gasteiger partial charge < -0.3 is 15.6 Å². The molecule has 2 aromatic heterocycles. The average Bonchev–Trinajstić information content (AvgIpc) is 3.11. The summed E-state index contributed by atoms with van der Waals surface area (Å²) < 4.78 is 35.1. The number of ether oxygens (including phenoxy) is 1. The molecule has 0 radical (unpaired) electrons. The average molecular weight is 357 g/mol. The van der Waals surface area contributed by atoms with Gasteiger partial charge in [-0.15, -0.1) is 0 Å². The summed E-state index contributed by atoms with van der Waals surface area (Å²) in [6.07, 6.45) is -1.33. The summed E-state index contributed by atoms with van der Waals surface area (Å²) in [6, 6.07) is 0. The third-order valence-corrected chi connectivity index (χ3v) is 5.68. The van der Waals surface area contributed by atoms with Crippen LogP contribution in [-0.2, 0) is 22.9 Å². The fraction of sp³-hybridized carbons (Fsp3) is 0.583. The Balaban J connectivity index is 1.71. The Labute approximate surface area is 136 Å². The number of hydrogen-bond donors (Lipinski definition) is 2. The van der Waals surface area contributed by atoms with Gasteiger partial charge in [-0.3, -0.25) is 18.1 Å². The van der Waals surface area contributed by atoms with Crippen molar-refractivity contribution in [3.8, 4) is 0 Å². The van der Waals surface area contributed by atoms with Crippen LogP contribution in [0, 0.1) is 0 Å². The van der Waals surface area contributed by atoms with Crippen LogP contribution in [0.2, 0.25) is 0 Å². The van der Waals surface area contributed by atoms with Crippen molar-refractivity contribution in [1.29, 1.82) is 0 Å². The molecule has 3 N–H and O–H groups in total. The van der Waals surface area contributed by atoms with Crippen molar-refractivity contribution in [2.75, 3.05) is 12.8 Å². The Morgan fingerprint density at radius 1 is 1.33 bits per heavy atom. The molecule has 0 amide bonds. The summed E-state index contributed by atoms with van der Waals surface area (Å²) in [6.45, 7) is 1.67. The fourth-order valence-electron chi connectivity index (χ4n) is 2.99. The predicted molar refractivity (Wildman–Crippen MR) is 79.7 cm³/mol. The number of aliphatic hydroxyl groups is 1. The fourth-order valence-corrected chi connectivity index (χ4v) is 4.28.